The average molecular weight is 370 g/mol. The van der Waals surface area contributed by atoms with Gasteiger partial charge in [0, 0.05) is 6.42 Å². The van der Waals surface area contributed by atoms with E-state index in [-0.39, 0.29) is 31.8 Å². The van der Waals surface area contributed by atoms with Gasteiger partial charge in [-0.25, -0.2) is 14.4 Å². The van der Waals surface area contributed by atoms with Crippen molar-refractivity contribution in [2.45, 2.75) is 64.7 Å². The van der Waals surface area contributed by atoms with Gasteiger partial charge in [0.15, 0.2) is 5.71 Å². The molecule has 1 fully saturated rings. The van der Waals surface area contributed by atoms with Gasteiger partial charge in [-0.1, -0.05) is 5.16 Å². The third-order valence-corrected chi connectivity index (χ3v) is 4.10. The molecule has 0 aromatic carbocycles. The zero-order chi connectivity index (χ0) is 19.5. The molecule has 146 valence electrons. The van der Waals surface area contributed by atoms with Crippen LogP contribution in [0.15, 0.2) is 5.16 Å². The highest BCUT2D eigenvalue weighted by Gasteiger charge is 2.58. The van der Waals surface area contributed by atoms with Crippen LogP contribution in [0.5, 0.6) is 0 Å². The first-order chi connectivity index (χ1) is 12.1. The Morgan fingerprint density at radius 1 is 1.19 bits per heavy atom. The van der Waals surface area contributed by atoms with E-state index in [1.807, 2.05) is 0 Å². The minimum atomic E-state index is -1.35. The van der Waals surface area contributed by atoms with Crippen LogP contribution < -0.4 is 5.32 Å². The first kappa shape index (κ1) is 20.0. The van der Waals surface area contributed by atoms with Crippen LogP contribution >= 0.6 is 0 Å². The van der Waals surface area contributed by atoms with Gasteiger partial charge in [0.2, 0.25) is 0 Å². The minimum absolute atomic E-state index is 0.118. The number of nitrogens with zero attached hydrogens (tertiary/aromatic N) is 1. The lowest BCUT2D eigenvalue weighted by Gasteiger charge is -2.30. The lowest BCUT2D eigenvalue weighted by atomic mass is 9.94. The van der Waals surface area contributed by atoms with E-state index < -0.39 is 41.2 Å². The number of ether oxygens (including phenoxy) is 3. The smallest absolute Gasteiger partial charge is 0.408 e. The number of rotatable bonds is 5. The Balaban J connectivity index is 2.20. The van der Waals surface area contributed by atoms with Crippen LogP contribution in [0.2, 0.25) is 0 Å². The van der Waals surface area contributed by atoms with Gasteiger partial charge in [-0.3, -0.25) is 0 Å². The van der Waals surface area contributed by atoms with Crippen molar-refractivity contribution in [3.63, 3.8) is 0 Å². The number of carbonyl (C=O) groups is 3. The molecule has 0 aromatic heterocycles. The van der Waals surface area contributed by atoms with E-state index in [1.165, 1.54) is 0 Å². The van der Waals surface area contributed by atoms with Gasteiger partial charge in [-0.15, -0.1) is 0 Å². The third kappa shape index (κ3) is 4.25. The molecule has 0 saturated heterocycles. The summed E-state index contributed by atoms with van der Waals surface area (Å²) in [4.78, 5) is 42.2. The number of hydrogen-bond acceptors (Lipinski definition) is 8. The number of esters is 2. The first-order valence-electron chi connectivity index (χ1n) is 8.71. The van der Waals surface area contributed by atoms with Gasteiger partial charge in [-0.2, -0.15) is 0 Å². The van der Waals surface area contributed by atoms with Gasteiger partial charge in [0.05, 0.1) is 19.1 Å². The molecule has 26 heavy (non-hydrogen) atoms. The highest BCUT2D eigenvalue weighted by Crippen LogP contribution is 2.42. The number of amides is 1. The lowest BCUT2D eigenvalue weighted by molar-refractivity contribution is -0.151. The Hall–Kier alpha value is -2.32. The SMILES string of the molecule is CCOC(=O)C1=NO[C@H]2C[C@@](NC(=O)OC(C)(C)C)(C(=O)OCC)C[C@@H]12. The van der Waals surface area contributed by atoms with Crippen molar-refractivity contribution in [2.75, 3.05) is 13.2 Å². The maximum atomic E-state index is 12.6. The first-order valence-corrected chi connectivity index (χ1v) is 8.71. The second-order valence-electron chi connectivity index (χ2n) is 7.29. The monoisotopic (exact) mass is 370 g/mol. The Labute approximate surface area is 152 Å². The van der Waals surface area contributed by atoms with E-state index in [9.17, 15) is 14.4 Å². The normalized spacial score (nSPS) is 27.0. The molecule has 9 nitrogen and oxygen atoms in total. The minimum Gasteiger partial charge on any atom is -0.464 e. The van der Waals surface area contributed by atoms with Gasteiger partial charge in [-0.05, 0) is 41.0 Å². The Morgan fingerprint density at radius 2 is 1.85 bits per heavy atom. The van der Waals surface area contributed by atoms with Gasteiger partial charge < -0.3 is 24.4 Å². The van der Waals surface area contributed by atoms with Crippen molar-refractivity contribution in [1.82, 2.24) is 5.32 Å². The van der Waals surface area contributed by atoms with Crippen LogP contribution in [0.4, 0.5) is 4.79 Å². The second-order valence-corrected chi connectivity index (χ2v) is 7.29. The lowest BCUT2D eigenvalue weighted by Crippen LogP contribution is -2.55. The molecule has 1 amide bonds. The number of carbonyl (C=O) groups excluding carboxylic acids is 3. The summed E-state index contributed by atoms with van der Waals surface area (Å²) in [6, 6.07) is 0. The molecule has 2 aliphatic rings. The summed E-state index contributed by atoms with van der Waals surface area (Å²) in [5.41, 5.74) is -1.95. The summed E-state index contributed by atoms with van der Waals surface area (Å²) in [6.07, 6.45) is -1.01. The number of oxime groups is 1. The summed E-state index contributed by atoms with van der Waals surface area (Å²) in [5, 5.41) is 6.43. The highest BCUT2D eigenvalue weighted by atomic mass is 16.6. The summed E-state index contributed by atoms with van der Waals surface area (Å²) in [7, 11) is 0. The van der Waals surface area contributed by atoms with E-state index in [4.69, 9.17) is 19.0 Å². The molecule has 0 aromatic rings. The molecule has 9 heteroatoms. The maximum Gasteiger partial charge on any atom is 0.408 e. The van der Waals surface area contributed by atoms with Crippen molar-refractivity contribution < 1.29 is 33.4 Å². The van der Waals surface area contributed by atoms with E-state index in [0.717, 1.165) is 0 Å². The number of nitrogens with one attached hydrogen (secondary N) is 1. The molecular weight excluding hydrogens is 344 g/mol. The average Bonchev–Trinajstić information content (AvgIpc) is 3.03. The Bertz CT molecular complexity index is 611. The molecule has 0 unspecified atom stereocenters. The van der Waals surface area contributed by atoms with E-state index in [1.54, 1.807) is 34.6 Å². The predicted molar refractivity (Wildman–Crippen MR) is 90.4 cm³/mol. The van der Waals surface area contributed by atoms with E-state index in [2.05, 4.69) is 10.5 Å². The fourth-order valence-electron chi connectivity index (χ4n) is 3.13. The maximum absolute atomic E-state index is 12.6. The molecule has 1 saturated carbocycles. The zero-order valence-electron chi connectivity index (χ0n) is 15.8. The van der Waals surface area contributed by atoms with Crippen LogP contribution in [0, 0.1) is 5.92 Å². The summed E-state index contributed by atoms with van der Waals surface area (Å²) < 4.78 is 15.4. The molecule has 1 aliphatic carbocycles. The van der Waals surface area contributed by atoms with Gasteiger partial charge in [0.1, 0.15) is 17.2 Å². The molecule has 2 rings (SSSR count). The van der Waals surface area contributed by atoms with Crippen LogP contribution in [0.1, 0.15) is 47.5 Å². The topological polar surface area (TPSA) is 113 Å². The van der Waals surface area contributed by atoms with Crippen LogP contribution in [-0.4, -0.2) is 54.2 Å². The number of fused-ring (bicyclic) bond motifs is 1. The third-order valence-electron chi connectivity index (χ3n) is 4.10. The molecule has 0 spiro atoms. The van der Waals surface area contributed by atoms with Crippen molar-refractivity contribution in [1.29, 1.82) is 0 Å². The summed E-state index contributed by atoms with van der Waals surface area (Å²) >= 11 is 0. The molecule has 1 aliphatic heterocycles. The van der Waals surface area contributed by atoms with Crippen molar-refractivity contribution >= 4 is 23.7 Å². The van der Waals surface area contributed by atoms with E-state index >= 15 is 0 Å². The fourth-order valence-corrected chi connectivity index (χ4v) is 3.13. The quantitative estimate of drug-likeness (QED) is 0.577. The fraction of sp³-hybridized carbons (Fsp3) is 0.765. The largest absolute Gasteiger partial charge is 0.464 e. The molecule has 3 atom stereocenters. The second kappa shape index (κ2) is 7.51. The summed E-state index contributed by atoms with van der Waals surface area (Å²) in [6.45, 7) is 8.90. The molecule has 1 heterocycles. The zero-order valence-corrected chi connectivity index (χ0v) is 15.8. The molecule has 0 radical (unpaired) electrons. The molecular formula is C17H26N2O7. The Kier molecular flexibility index (Phi) is 5.77. The Morgan fingerprint density at radius 3 is 2.42 bits per heavy atom. The van der Waals surface area contributed by atoms with Crippen molar-refractivity contribution in [3.8, 4) is 0 Å². The van der Waals surface area contributed by atoms with Gasteiger partial charge >= 0.3 is 18.0 Å². The predicted octanol–water partition coefficient (Wildman–Crippen LogP) is 1.54. The molecule has 0 bridgehead atoms. The molecule has 1 N–H and O–H groups in total. The van der Waals surface area contributed by atoms with Crippen molar-refractivity contribution in [2.24, 2.45) is 11.1 Å². The van der Waals surface area contributed by atoms with Crippen LogP contribution in [0.3, 0.4) is 0 Å². The number of hydrogen-bond donors (Lipinski definition) is 1. The van der Waals surface area contributed by atoms with Crippen LogP contribution in [0.25, 0.3) is 0 Å². The van der Waals surface area contributed by atoms with E-state index in [0.29, 0.717) is 0 Å². The van der Waals surface area contributed by atoms with Crippen molar-refractivity contribution in [3.05, 3.63) is 0 Å². The van der Waals surface area contributed by atoms with Gasteiger partial charge in [0.25, 0.3) is 0 Å². The highest BCUT2D eigenvalue weighted by molar-refractivity contribution is 6.37. The van der Waals surface area contributed by atoms with Crippen LogP contribution in [-0.2, 0) is 28.6 Å². The summed E-state index contributed by atoms with van der Waals surface area (Å²) in [5.74, 6) is -1.64. The number of alkyl carbamates (subject to hydrolysis) is 1. The standard InChI is InChI=1S/C17H26N2O7/c1-6-23-13(20)12-10-8-17(14(21)24-7-2,9-11(10)26-19-12)18-15(22)25-16(3,4)5/h10-11H,6-9H2,1-5H3,(H,18,22)/t10-,11+,17-/m1/s1.